The molecule has 0 bridgehead atoms. The first-order valence-electron chi connectivity index (χ1n) is 8.58. The molecule has 2 aromatic rings. The summed E-state index contributed by atoms with van der Waals surface area (Å²) in [5.41, 5.74) is 4.29. The highest BCUT2D eigenvalue weighted by Gasteiger charge is 2.12. The first-order valence-corrected chi connectivity index (χ1v) is 8.58. The van der Waals surface area contributed by atoms with E-state index in [2.05, 4.69) is 38.1 Å². The van der Waals surface area contributed by atoms with Crippen LogP contribution < -0.4 is 20.7 Å². The molecule has 3 N–H and O–H groups in total. The topological polar surface area (TPSA) is 71.1 Å². The van der Waals surface area contributed by atoms with E-state index in [-0.39, 0.29) is 0 Å². The van der Waals surface area contributed by atoms with Gasteiger partial charge in [-0.1, -0.05) is 6.08 Å². The van der Waals surface area contributed by atoms with Gasteiger partial charge in [0.05, 0.1) is 7.11 Å². The Balaban J connectivity index is 1.91. The van der Waals surface area contributed by atoms with Gasteiger partial charge in [-0.15, -0.1) is 0 Å². The summed E-state index contributed by atoms with van der Waals surface area (Å²) in [7, 11) is 3.56. The van der Waals surface area contributed by atoms with Gasteiger partial charge in [0, 0.05) is 30.1 Å². The fourth-order valence-electron chi connectivity index (χ4n) is 2.96. The summed E-state index contributed by atoms with van der Waals surface area (Å²) in [6, 6.07) is 8.00. The largest absolute Gasteiger partial charge is 0.496 e. The smallest absolute Gasteiger partial charge is 0.229 e. The Morgan fingerprint density at radius 3 is 2.84 bits per heavy atom. The Morgan fingerprint density at radius 2 is 2.04 bits per heavy atom. The molecule has 0 unspecified atom stereocenters. The predicted molar refractivity (Wildman–Crippen MR) is 103 cm³/mol. The zero-order valence-corrected chi connectivity index (χ0v) is 15.0. The molecule has 1 aliphatic rings. The molecule has 2 heterocycles. The fraction of sp³-hybridized carbons (Fsp3) is 0.368. The molecule has 6 nitrogen and oxygen atoms in total. The van der Waals surface area contributed by atoms with Crippen molar-refractivity contribution >= 4 is 23.0 Å². The number of methoxy groups -OCH3 is 1. The standard InChI is InChI=1S/C19H25N5O/c1-13-11-18(20-2)24-19(22-13)23-15-6-7-17(25-3)16(12-15)14-5-4-9-21-10-8-14/h5-7,11-12,21H,4,8-10H2,1-3H3,(H2,20,22,23,24). The van der Waals surface area contributed by atoms with E-state index in [9.17, 15) is 0 Å². The Labute approximate surface area is 148 Å². The Hall–Kier alpha value is -2.60. The molecule has 0 amide bonds. The van der Waals surface area contributed by atoms with Gasteiger partial charge in [0.1, 0.15) is 11.6 Å². The molecule has 3 rings (SSSR count). The second-order valence-corrected chi connectivity index (χ2v) is 6.03. The Bertz CT molecular complexity index is 772. The van der Waals surface area contributed by atoms with Gasteiger partial charge in [-0.25, -0.2) is 4.98 Å². The number of nitrogens with one attached hydrogen (secondary N) is 3. The molecule has 6 heteroatoms. The minimum Gasteiger partial charge on any atom is -0.496 e. The van der Waals surface area contributed by atoms with Crippen molar-refractivity contribution in [1.29, 1.82) is 0 Å². The summed E-state index contributed by atoms with van der Waals surface area (Å²) in [5, 5.41) is 9.78. The molecular weight excluding hydrogens is 314 g/mol. The van der Waals surface area contributed by atoms with Crippen LogP contribution in [0.5, 0.6) is 5.75 Å². The number of aryl methyl sites for hydroxylation is 1. The van der Waals surface area contributed by atoms with Crippen molar-refractivity contribution in [2.24, 2.45) is 0 Å². The number of nitrogens with zero attached hydrogens (tertiary/aromatic N) is 2. The Kier molecular flexibility index (Phi) is 5.50. The highest BCUT2D eigenvalue weighted by atomic mass is 16.5. The fourth-order valence-corrected chi connectivity index (χ4v) is 2.96. The van der Waals surface area contributed by atoms with Crippen LogP contribution >= 0.6 is 0 Å². The maximum absolute atomic E-state index is 5.57. The number of ether oxygens (including phenoxy) is 1. The van der Waals surface area contributed by atoms with Gasteiger partial charge < -0.3 is 20.7 Å². The van der Waals surface area contributed by atoms with Gasteiger partial charge in [0.2, 0.25) is 5.95 Å². The van der Waals surface area contributed by atoms with E-state index in [1.54, 1.807) is 7.11 Å². The van der Waals surface area contributed by atoms with Crippen molar-refractivity contribution in [3.8, 4) is 5.75 Å². The molecule has 0 spiro atoms. The normalized spacial score (nSPS) is 14.4. The summed E-state index contributed by atoms with van der Waals surface area (Å²) in [5.74, 6) is 2.26. The van der Waals surface area contributed by atoms with Crippen LogP contribution in [0.25, 0.3) is 5.57 Å². The van der Waals surface area contributed by atoms with Crippen molar-refractivity contribution in [1.82, 2.24) is 15.3 Å². The average molecular weight is 339 g/mol. The van der Waals surface area contributed by atoms with Crippen molar-refractivity contribution < 1.29 is 4.74 Å². The van der Waals surface area contributed by atoms with E-state index in [1.165, 1.54) is 5.57 Å². The van der Waals surface area contributed by atoms with E-state index in [1.807, 2.05) is 32.2 Å². The first kappa shape index (κ1) is 17.2. The lowest BCUT2D eigenvalue weighted by Crippen LogP contribution is -2.13. The molecule has 0 radical (unpaired) electrons. The second kappa shape index (κ2) is 7.98. The van der Waals surface area contributed by atoms with E-state index in [0.29, 0.717) is 5.95 Å². The van der Waals surface area contributed by atoms with Crippen molar-refractivity contribution in [3.05, 3.63) is 41.6 Å². The second-order valence-electron chi connectivity index (χ2n) is 6.03. The van der Waals surface area contributed by atoms with Crippen LogP contribution in [0.3, 0.4) is 0 Å². The van der Waals surface area contributed by atoms with Gasteiger partial charge in [0.15, 0.2) is 0 Å². The molecular formula is C19H25N5O. The van der Waals surface area contributed by atoms with Crippen molar-refractivity contribution in [2.45, 2.75) is 19.8 Å². The number of hydrogen-bond donors (Lipinski definition) is 3. The van der Waals surface area contributed by atoms with Crippen LogP contribution in [0.15, 0.2) is 30.3 Å². The average Bonchev–Trinajstić information content (AvgIpc) is 2.90. The van der Waals surface area contributed by atoms with Crippen LogP contribution in [-0.2, 0) is 0 Å². The van der Waals surface area contributed by atoms with Gasteiger partial charge in [-0.2, -0.15) is 4.98 Å². The summed E-state index contributed by atoms with van der Waals surface area (Å²) >= 11 is 0. The maximum atomic E-state index is 5.57. The SMILES string of the molecule is CNc1cc(C)nc(Nc2ccc(OC)c(C3=CCCNCC3)c2)n1. The van der Waals surface area contributed by atoms with E-state index in [0.717, 1.165) is 54.4 Å². The lowest BCUT2D eigenvalue weighted by Gasteiger charge is -2.14. The maximum Gasteiger partial charge on any atom is 0.229 e. The number of hydrogen-bond acceptors (Lipinski definition) is 6. The van der Waals surface area contributed by atoms with Gasteiger partial charge >= 0.3 is 0 Å². The Morgan fingerprint density at radius 1 is 1.16 bits per heavy atom. The number of benzene rings is 1. The number of anilines is 3. The molecule has 0 atom stereocenters. The minimum atomic E-state index is 0.581. The van der Waals surface area contributed by atoms with Gasteiger partial charge in [0.25, 0.3) is 0 Å². The third kappa shape index (κ3) is 4.28. The van der Waals surface area contributed by atoms with Gasteiger partial charge in [-0.05, 0) is 56.6 Å². The zero-order valence-electron chi connectivity index (χ0n) is 15.0. The monoisotopic (exact) mass is 339 g/mol. The predicted octanol–water partition coefficient (Wildman–Crippen LogP) is 3.35. The van der Waals surface area contributed by atoms with Crippen LogP contribution in [-0.4, -0.2) is 37.2 Å². The minimum absolute atomic E-state index is 0.581. The summed E-state index contributed by atoms with van der Waals surface area (Å²) < 4.78 is 5.57. The zero-order chi connectivity index (χ0) is 17.6. The van der Waals surface area contributed by atoms with Crippen molar-refractivity contribution in [2.75, 3.05) is 37.9 Å². The molecule has 25 heavy (non-hydrogen) atoms. The summed E-state index contributed by atoms with van der Waals surface area (Å²) in [4.78, 5) is 8.92. The van der Waals surface area contributed by atoms with Crippen LogP contribution in [0.4, 0.5) is 17.5 Å². The van der Waals surface area contributed by atoms with Crippen LogP contribution in [0.1, 0.15) is 24.1 Å². The molecule has 0 saturated carbocycles. The van der Waals surface area contributed by atoms with E-state index >= 15 is 0 Å². The third-order valence-corrected chi connectivity index (χ3v) is 4.19. The first-order chi connectivity index (χ1) is 12.2. The van der Waals surface area contributed by atoms with Gasteiger partial charge in [-0.3, -0.25) is 0 Å². The number of rotatable bonds is 5. The molecule has 0 saturated heterocycles. The van der Waals surface area contributed by atoms with Crippen LogP contribution in [0.2, 0.25) is 0 Å². The quantitative estimate of drug-likeness (QED) is 0.776. The number of aromatic nitrogens is 2. The molecule has 1 aromatic carbocycles. The third-order valence-electron chi connectivity index (χ3n) is 4.19. The van der Waals surface area contributed by atoms with E-state index in [4.69, 9.17) is 4.74 Å². The lowest BCUT2D eigenvalue weighted by molar-refractivity contribution is 0.413. The molecule has 0 fully saturated rings. The lowest BCUT2D eigenvalue weighted by atomic mass is 10.0. The van der Waals surface area contributed by atoms with E-state index < -0.39 is 0 Å². The van der Waals surface area contributed by atoms with Crippen LogP contribution in [0, 0.1) is 6.92 Å². The molecule has 1 aliphatic heterocycles. The highest BCUT2D eigenvalue weighted by molar-refractivity contribution is 5.75. The highest BCUT2D eigenvalue weighted by Crippen LogP contribution is 2.32. The van der Waals surface area contributed by atoms with Crippen molar-refractivity contribution in [3.63, 3.8) is 0 Å². The summed E-state index contributed by atoms with van der Waals surface area (Å²) in [6.07, 6.45) is 4.32. The summed E-state index contributed by atoms with van der Waals surface area (Å²) in [6.45, 7) is 3.96. The molecule has 1 aromatic heterocycles. The molecule has 0 aliphatic carbocycles. The molecule has 132 valence electrons.